The van der Waals surface area contributed by atoms with Gasteiger partial charge in [0.2, 0.25) is 15.9 Å². The molecule has 1 heterocycles. The maximum Gasteiger partial charge on any atom is 0.326 e. The van der Waals surface area contributed by atoms with Gasteiger partial charge in [0, 0.05) is 31.7 Å². The molecule has 1 saturated heterocycles. The Labute approximate surface area is 206 Å². The van der Waals surface area contributed by atoms with Crippen LogP contribution in [0.25, 0.3) is 0 Å². The molecule has 3 rings (SSSR count). The minimum absolute atomic E-state index is 0.0228. The fourth-order valence-corrected chi connectivity index (χ4v) is 5.17. The lowest BCUT2D eigenvalue weighted by Gasteiger charge is -2.33. The highest BCUT2D eigenvalue weighted by molar-refractivity contribution is 7.89. The standard InChI is InChI=1S/C25H30N4O5S/c1-2-34-25(31)23(28-35(32,33)22-6-4-3-5-7-22)18-27-24(30)16-19-12-14-29(15-13-19)21-10-8-20(17-26)9-11-21/h3-11,19,23,28H,2,12-16,18H2,1H3,(H,27,30)/t23-/m0/s1. The number of benzene rings is 2. The Morgan fingerprint density at radius 3 is 2.37 bits per heavy atom. The number of nitrogens with zero attached hydrogens (tertiary/aromatic N) is 2. The summed E-state index contributed by atoms with van der Waals surface area (Å²) in [7, 11) is -3.96. The first kappa shape index (κ1) is 26.2. The van der Waals surface area contributed by atoms with Crippen molar-refractivity contribution in [2.45, 2.75) is 37.1 Å². The van der Waals surface area contributed by atoms with Crippen LogP contribution in [0.5, 0.6) is 0 Å². The van der Waals surface area contributed by atoms with Crippen LogP contribution in [0.4, 0.5) is 5.69 Å². The van der Waals surface area contributed by atoms with Crippen LogP contribution in [-0.2, 0) is 24.3 Å². The smallest absolute Gasteiger partial charge is 0.326 e. The molecule has 2 N–H and O–H groups in total. The number of nitriles is 1. The average Bonchev–Trinajstić information content (AvgIpc) is 2.87. The van der Waals surface area contributed by atoms with Gasteiger partial charge in [-0.3, -0.25) is 9.59 Å². The third-order valence-electron chi connectivity index (χ3n) is 5.88. The van der Waals surface area contributed by atoms with Crippen LogP contribution in [0.15, 0.2) is 59.5 Å². The maximum absolute atomic E-state index is 12.6. The van der Waals surface area contributed by atoms with Gasteiger partial charge in [0.1, 0.15) is 6.04 Å². The Hall–Kier alpha value is -3.42. The quantitative estimate of drug-likeness (QED) is 0.481. The summed E-state index contributed by atoms with van der Waals surface area (Å²) in [4.78, 5) is 27.2. The van der Waals surface area contributed by atoms with Crippen LogP contribution >= 0.6 is 0 Å². The normalized spacial score (nSPS) is 15.1. The largest absolute Gasteiger partial charge is 0.465 e. The van der Waals surface area contributed by atoms with Crippen LogP contribution in [0.3, 0.4) is 0 Å². The molecule has 0 spiro atoms. The summed E-state index contributed by atoms with van der Waals surface area (Å²) in [5, 5.41) is 11.6. The number of nitrogens with one attached hydrogen (secondary N) is 2. The minimum atomic E-state index is -3.96. The lowest BCUT2D eigenvalue weighted by molar-refractivity contribution is -0.145. The Kier molecular flexibility index (Phi) is 9.23. The van der Waals surface area contributed by atoms with Gasteiger partial charge in [0.25, 0.3) is 0 Å². The van der Waals surface area contributed by atoms with Gasteiger partial charge in [-0.2, -0.15) is 9.98 Å². The van der Waals surface area contributed by atoms with Gasteiger partial charge < -0.3 is 15.0 Å². The molecule has 0 saturated carbocycles. The second kappa shape index (κ2) is 12.3. The molecule has 0 bridgehead atoms. The fraction of sp³-hybridized carbons (Fsp3) is 0.400. The van der Waals surface area contributed by atoms with E-state index in [2.05, 4.69) is 21.0 Å². The average molecular weight is 499 g/mol. The van der Waals surface area contributed by atoms with Crippen molar-refractivity contribution < 1.29 is 22.7 Å². The highest BCUT2D eigenvalue weighted by Crippen LogP contribution is 2.25. The minimum Gasteiger partial charge on any atom is -0.465 e. The predicted molar refractivity (Wildman–Crippen MR) is 131 cm³/mol. The van der Waals surface area contributed by atoms with Gasteiger partial charge in [-0.15, -0.1) is 0 Å². The van der Waals surface area contributed by atoms with E-state index >= 15 is 0 Å². The molecule has 1 fully saturated rings. The number of amides is 1. The van der Waals surface area contributed by atoms with Crippen molar-refractivity contribution in [1.82, 2.24) is 10.0 Å². The van der Waals surface area contributed by atoms with E-state index in [4.69, 9.17) is 10.00 Å². The van der Waals surface area contributed by atoms with Gasteiger partial charge >= 0.3 is 5.97 Å². The van der Waals surface area contributed by atoms with Crippen molar-refractivity contribution in [2.24, 2.45) is 5.92 Å². The van der Waals surface area contributed by atoms with E-state index in [0.717, 1.165) is 31.6 Å². The lowest BCUT2D eigenvalue weighted by atomic mass is 9.93. The second-order valence-electron chi connectivity index (χ2n) is 8.34. The summed E-state index contributed by atoms with van der Waals surface area (Å²) in [6, 6.07) is 16.0. The molecular weight excluding hydrogens is 468 g/mol. The zero-order valence-electron chi connectivity index (χ0n) is 19.6. The molecule has 2 aromatic carbocycles. The van der Waals surface area contributed by atoms with E-state index in [1.165, 1.54) is 12.1 Å². The van der Waals surface area contributed by atoms with E-state index < -0.39 is 22.0 Å². The van der Waals surface area contributed by atoms with Crippen molar-refractivity contribution in [2.75, 3.05) is 31.1 Å². The van der Waals surface area contributed by atoms with E-state index in [0.29, 0.717) is 12.0 Å². The Bertz CT molecular complexity index is 1140. The molecule has 1 atom stereocenters. The summed E-state index contributed by atoms with van der Waals surface area (Å²) in [5.41, 5.74) is 1.67. The van der Waals surface area contributed by atoms with Crippen molar-refractivity contribution in [3.8, 4) is 6.07 Å². The van der Waals surface area contributed by atoms with Crippen LogP contribution in [0.1, 0.15) is 31.7 Å². The number of carbonyl (C=O) groups excluding carboxylic acids is 2. The lowest BCUT2D eigenvalue weighted by Crippen LogP contribution is -2.49. The first-order valence-corrected chi connectivity index (χ1v) is 13.1. The molecule has 1 aliphatic heterocycles. The molecule has 1 amide bonds. The molecule has 1 aliphatic rings. The Morgan fingerprint density at radius 1 is 1.11 bits per heavy atom. The molecule has 0 aliphatic carbocycles. The Balaban J connectivity index is 1.51. The summed E-state index contributed by atoms with van der Waals surface area (Å²) < 4.78 is 32.6. The van der Waals surface area contributed by atoms with Crippen LogP contribution in [0.2, 0.25) is 0 Å². The second-order valence-corrected chi connectivity index (χ2v) is 10.1. The first-order valence-electron chi connectivity index (χ1n) is 11.6. The Morgan fingerprint density at radius 2 is 1.77 bits per heavy atom. The molecule has 9 nitrogen and oxygen atoms in total. The van der Waals surface area contributed by atoms with Crippen LogP contribution in [-0.4, -0.2) is 52.6 Å². The third kappa shape index (κ3) is 7.53. The van der Waals surface area contributed by atoms with E-state index in [-0.39, 0.29) is 29.9 Å². The van der Waals surface area contributed by atoms with Crippen LogP contribution < -0.4 is 14.9 Å². The number of carbonyl (C=O) groups is 2. The van der Waals surface area contributed by atoms with E-state index in [9.17, 15) is 18.0 Å². The number of sulfonamides is 1. The highest BCUT2D eigenvalue weighted by Gasteiger charge is 2.28. The number of ether oxygens (including phenoxy) is 1. The van der Waals surface area contributed by atoms with E-state index in [1.807, 2.05) is 12.1 Å². The van der Waals surface area contributed by atoms with Crippen molar-refractivity contribution in [1.29, 1.82) is 5.26 Å². The molecule has 2 aromatic rings. The predicted octanol–water partition coefficient (Wildman–Crippen LogP) is 2.19. The SMILES string of the molecule is CCOC(=O)[C@H](CNC(=O)CC1CCN(c2ccc(C#N)cc2)CC1)NS(=O)(=O)c1ccccc1. The number of piperidine rings is 1. The topological polar surface area (TPSA) is 129 Å². The molecular formula is C25H30N4O5S. The number of hydrogen-bond donors (Lipinski definition) is 2. The number of anilines is 1. The molecule has 0 unspecified atom stereocenters. The van der Waals surface area contributed by atoms with Gasteiger partial charge in [-0.1, -0.05) is 18.2 Å². The summed E-state index contributed by atoms with van der Waals surface area (Å²) in [5.74, 6) is -0.801. The maximum atomic E-state index is 12.6. The number of hydrogen-bond acceptors (Lipinski definition) is 7. The molecule has 0 aromatic heterocycles. The molecule has 0 radical (unpaired) electrons. The zero-order chi connectivity index (χ0) is 25.3. The van der Waals surface area contributed by atoms with Gasteiger partial charge in [0.05, 0.1) is 23.1 Å². The molecule has 35 heavy (non-hydrogen) atoms. The van der Waals surface area contributed by atoms with Gasteiger partial charge in [-0.05, 0) is 62.1 Å². The van der Waals surface area contributed by atoms with Gasteiger partial charge in [0.15, 0.2) is 0 Å². The number of esters is 1. The number of rotatable bonds is 10. The molecule has 10 heteroatoms. The first-order chi connectivity index (χ1) is 16.8. The molecule has 186 valence electrons. The van der Waals surface area contributed by atoms with Crippen molar-refractivity contribution >= 4 is 27.6 Å². The monoisotopic (exact) mass is 498 g/mol. The third-order valence-corrected chi connectivity index (χ3v) is 7.36. The van der Waals surface area contributed by atoms with Crippen LogP contribution in [0, 0.1) is 17.2 Å². The van der Waals surface area contributed by atoms with E-state index in [1.54, 1.807) is 37.3 Å². The van der Waals surface area contributed by atoms with Gasteiger partial charge in [-0.25, -0.2) is 8.42 Å². The summed E-state index contributed by atoms with van der Waals surface area (Å²) in [6.45, 7) is 3.11. The fourth-order valence-electron chi connectivity index (χ4n) is 3.96. The summed E-state index contributed by atoms with van der Waals surface area (Å²) in [6.07, 6.45) is 1.95. The summed E-state index contributed by atoms with van der Waals surface area (Å²) >= 11 is 0. The van der Waals surface area contributed by atoms with Crippen molar-refractivity contribution in [3.05, 3.63) is 60.2 Å². The van der Waals surface area contributed by atoms with Crippen molar-refractivity contribution in [3.63, 3.8) is 0 Å². The highest BCUT2D eigenvalue weighted by atomic mass is 32.2. The zero-order valence-corrected chi connectivity index (χ0v) is 20.5.